The third-order valence-electron chi connectivity index (χ3n) is 3.11. The van der Waals surface area contributed by atoms with Crippen LogP contribution < -0.4 is 10.6 Å². The Labute approximate surface area is 120 Å². The number of hydrogen-bond acceptors (Lipinski definition) is 3. The van der Waals surface area contributed by atoms with Gasteiger partial charge in [-0.1, -0.05) is 6.07 Å². The molecule has 21 heavy (non-hydrogen) atoms. The van der Waals surface area contributed by atoms with E-state index in [1.807, 2.05) is 12.1 Å². The molecule has 0 spiro atoms. The zero-order chi connectivity index (χ0) is 15.3. The van der Waals surface area contributed by atoms with E-state index in [0.717, 1.165) is 30.6 Å². The maximum Gasteiger partial charge on any atom is 0.411 e. The molecule has 4 nitrogen and oxygen atoms in total. The van der Waals surface area contributed by atoms with Gasteiger partial charge in [-0.15, -0.1) is 0 Å². The lowest BCUT2D eigenvalue weighted by Gasteiger charge is -2.21. The first-order valence-electron chi connectivity index (χ1n) is 6.76. The molecular weight excluding hydrogens is 285 g/mol. The number of alkyl halides is 3. The molecule has 0 bridgehead atoms. The molecule has 0 unspecified atom stereocenters. The number of amides is 1. The van der Waals surface area contributed by atoms with E-state index in [1.165, 1.54) is 0 Å². The predicted molar refractivity (Wildman–Crippen MR) is 73.4 cm³/mol. The van der Waals surface area contributed by atoms with Gasteiger partial charge in [0.1, 0.15) is 6.61 Å². The van der Waals surface area contributed by atoms with Crippen molar-refractivity contribution in [3.63, 3.8) is 0 Å². The molecule has 1 aromatic rings. The average molecular weight is 302 g/mol. The van der Waals surface area contributed by atoms with Crippen LogP contribution >= 0.6 is 0 Å². The van der Waals surface area contributed by atoms with Gasteiger partial charge in [-0.2, -0.15) is 13.2 Å². The molecule has 1 aliphatic rings. The smallest absolute Gasteiger partial charge is 0.385 e. The normalized spacial score (nSPS) is 14.2. The zero-order valence-corrected chi connectivity index (χ0v) is 11.4. The predicted octanol–water partition coefficient (Wildman–Crippen LogP) is 2.95. The first kappa shape index (κ1) is 15.6. The van der Waals surface area contributed by atoms with E-state index in [-0.39, 0.29) is 18.9 Å². The molecule has 1 aliphatic heterocycles. The van der Waals surface area contributed by atoms with Crippen LogP contribution in [0.25, 0.3) is 0 Å². The number of halogens is 3. The van der Waals surface area contributed by atoms with Crippen LogP contribution in [-0.2, 0) is 16.0 Å². The molecule has 2 rings (SSSR count). The summed E-state index contributed by atoms with van der Waals surface area (Å²) in [6.07, 6.45) is -2.62. The van der Waals surface area contributed by atoms with Gasteiger partial charge in [0.15, 0.2) is 0 Å². The van der Waals surface area contributed by atoms with Crippen molar-refractivity contribution in [2.45, 2.75) is 25.4 Å². The van der Waals surface area contributed by atoms with Crippen LogP contribution in [0.5, 0.6) is 0 Å². The highest BCUT2D eigenvalue weighted by molar-refractivity contribution is 5.92. The third-order valence-corrected chi connectivity index (χ3v) is 3.11. The van der Waals surface area contributed by atoms with Crippen molar-refractivity contribution in [3.05, 3.63) is 23.8 Å². The summed E-state index contributed by atoms with van der Waals surface area (Å²) < 4.78 is 40.1. The minimum Gasteiger partial charge on any atom is -0.385 e. The fraction of sp³-hybridized carbons (Fsp3) is 0.500. The van der Waals surface area contributed by atoms with Gasteiger partial charge in [-0.25, -0.2) is 0 Å². The highest BCUT2D eigenvalue weighted by atomic mass is 19.4. The lowest BCUT2D eigenvalue weighted by Crippen LogP contribution is -2.21. The number of fused-ring (bicyclic) bond motifs is 1. The number of ether oxygens (including phenoxy) is 1. The third kappa shape index (κ3) is 4.93. The van der Waals surface area contributed by atoms with Gasteiger partial charge in [-0.05, 0) is 30.5 Å². The largest absolute Gasteiger partial charge is 0.411 e. The van der Waals surface area contributed by atoms with Gasteiger partial charge in [0.2, 0.25) is 5.91 Å². The van der Waals surface area contributed by atoms with Crippen LogP contribution in [0.2, 0.25) is 0 Å². The van der Waals surface area contributed by atoms with Crippen molar-refractivity contribution in [2.24, 2.45) is 0 Å². The summed E-state index contributed by atoms with van der Waals surface area (Å²) in [6, 6.07) is 5.56. The minimum absolute atomic E-state index is 0.104. The molecule has 0 fully saturated rings. The maximum atomic E-state index is 11.9. The molecule has 0 aliphatic carbocycles. The highest BCUT2D eigenvalue weighted by Crippen LogP contribution is 2.28. The lowest BCUT2D eigenvalue weighted by molar-refractivity contribution is -0.174. The standard InChI is InChI=1S/C14H17F3N2O2/c15-14(16,17)9-21-8-6-13(20)19-12-5-1-4-11-10(12)3-2-7-18-11/h1,4-5,18H,2-3,6-9H2,(H,19,20). The molecule has 0 atom stereocenters. The Hall–Kier alpha value is -1.76. The second-order valence-corrected chi connectivity index (χ2v) is 4.83. The van der Waals surface area contributed by atoms with E-state index in [9.17, 15) is 18.0 Å². The number of rotatable bonds is 5. The van der Waals surface area contributed by atoms with E-state index in [1.54, 1.807) is 6.07 Å². The molecule has 0 aromatic heterocycles. The van der Waals surface area contributed by atoms with Crippen LogP contribution in [0.1, 0.15) is 18.4 Å². The second kappa shape index (κ2) is 6.80. The maximum absolute atomic E-state index is 11.9. The van der Waals surface area contributed by atoms with E-state index in [0.29, 0.717) is 5.69 Å². The SMILES string of the molecule is O=C(CCOCC(F)(F)F)Nc1cccc2c1CCCN2. The molecule has 0 saturated heterocycles. The molecule has 1 heterocycles. The molecule has 1 aromatic carbocycles. The van der Waals surface area contributed by atoms with Crippen LogP contribution in [0, 0.1) is 0 Å². The Kier molecular flexibility index (Phi) is 5.06. The summed E-state index contributed by atoms with van der Waals surface area (Å²) in [5.74, 6) is -0.351. The molecule has 7 heteroatoms. The van der Waals surface area contributed by atoms with Crippen molar-refractivity contribution in [2.75, 3.05) is 30.4 Å². The lowest BCUT2D eigenvalue weighted by atomic mass is 10.0. The monoisotopic (exact) mass is 302 g/mol. The Morgan fingerprint density at radius 1 is 1.38 bits per heavy atom. The van der Waals surface area contributed by atoms with Crippen molar-refractivity contribution in [3.8, 4) is 0 Å². The Bertz CT molecular complexity index is 503. The fourth-order valence-electron chi connectivity index (χ4n) is 2.19. The van der Waals surface area contributed by atoms with Gasteiger partial charge in [0.05, 0.1) is 13.0 Å². The highest BCUT2D eigenvalue weighted by Gasteiger charge is 2.27. The van der Waals surface area contributed by atoms with Crippen molar-refractivity contribution < 1.29 is 22.7 Å². The molecule has 116 valence electrons. The Morgan fingerprint density at radius 2 is 2.19 bits per heavy atom. The van der Waals surface area contributed by atoms with E-state index in [2.05, 4.69) is 15.4 Å². The summed E-state index contributed by atoms with van der Waals surface area (Å²) in [5.41, 5.74) is 2.74. The first-order chi connectivity index (χ1) is 9.96. The van der Waals surface area contributed by atoms with Gasteiger partial charge in [0.25, 0.3) is 0 Å². The van der Waals surface area contributed by atoms with Gasteiger partial charge in [-0.3, -0.25) is 4.79 Å². The number of anilines is 2. The summed E-state index contributed by atoms with van der Waals surface area (Å²) in [6.45, 7) is -0.681. The number of carbonyl (C=O) groups is 1. The fourth-order valence-corrected chi connectivity index (χ4v) is 2.19. The second-order valence-electron chi connectivity index (χ2n) is 4.83. The minimum atomic E-state index is -4.36. The number of hydrogen-bond donors (Lipinski definition) is 2. The van der Waals surface area contributed by atoms with E-state index >= 15 is 0 Å². The quantitative estimate of drug-likeness (QED) is 0.822. The van der Waals surface area contributed by atoms with Crippen LogP contribution in [0.15, 0.2) is 18.2 Å². The molecule has 0 saturated carbocycles. The van der Waals surface area contributed by atoms with Crippen molar-refractivity contribution >= 4 is 17.3 Å². The first-order valence-corrected chi connectivity index (χ1v) is 6.76. The van der Waals surface area contributed by atoms with Crippen LogP contribution in [0.4, 0.5) is 24.5 Å². The molecule has 0 radical (unpaired) electrons. The summed E-state index contributed by atoms with van der Waals surface area (Å²) in [7, 11) is 0. The van der Waals surface area contributed by atoms with Gasteiger partial charge < -0.3 is 15.4 Å². The number of nitrogens with one attached hydrogen (secondary N) is 2. The van der Waals surface area contributed by atoms with E-state index in [4.69, 9.17) is 0 Å². The molecule has 1 amide bonds. The van der Waals surface area contributed by atoms with E-state index < -0.39 is 12.8 Å². The Morgan fingerprint density at radius 3 is 2.95 bits per heavy atom. The number of carbonyl (C=O) groups excluding carboxylic acids is 1. The van der Waals surface area contributed by atoms with Crippen molar-refractivity contribution in [1.82, 2.24) is 0 Å². The zero-order valence-electron chi connectivity index (χ0n) is 11.4. The molecule has 2 N–H and O–H groups in total. The summed E-state index contributed by atoms with van der Waals surface area (Å²) >= 11 is 0. The molecular formula is C14H17F3N2O2. The average Bonchev–Trinajstić information content (AvgIpc) is 2.43. The van der Waals surface area contributed by atoms with Crippen LogP contribution in [0.3, 0.4) is 0 Å². The Balaban J connectivity index is 1.83. The van der Waals surface area contributed by atoms with Gasteiger partial charge >= 0.3 is 6.18 Å². The summed E-state index contributed by atoms with van der Waals surface area (Å²) in [5, 5.41) is 5.97. The van der Waals surface area contributed by atoms with Crippen LogP contribution in [-0.4, -0.2) is 31.8 Å². The summed E-state index contributed by atoms with van der Waals surface area (Å²) in [4.78, 5) is 11.7. The number of benzene rings is 1. The van der Waals surface area contributed by atoms with Crippen molar-refractivity contribution in [1.29, 1.82) is 0 Å². The topological polar surface area (TPSA) is 50.4 Å². The van der Waals surface area contributed by atoms with Gasteiger partial charge in [0, 0.05) is 17.9 Å².